The molecule has 9 heteroatoms. The number of hydrogen-bond donors (Lipinski definition) is 0. The van der Waals surface area contributed by atoms with Crippen LogP contribution in [0.25, 0.3) is 11.2 Å². The Morgan fingerprint density at radius 2 is 1.72 bits per heavy atom. The molecule has 1 aliphatic heterocycles. The Hall–Kier alpha value is -4.01. The van der Waals surface area contributed by atoms with Crippen molar-refractivity contribution < 1.29 is 9.53 Å². The Balaban J connectivity index is 1.32. The number of carbonyl (C=O) groups excluding carboxylic acids is 1. The summed E-state index contributed by atoms with van der Waals surface area (Å²) in [4.78, 5) is 25.9. The molecule has 4 aromatic rings. The third kappa shape index (κ3) is 3.73. The zero-order valence-electron chi connectivity index (χ0n) is 17.8. The number of methoxy groups -OCH3 is 1. The number of ether oxygens (including phenoxy) is 1. The molecule has 0 aliphatic carbocycles. The predicted octanol–water partition coefficient (Wildman–Crippen LogP) is 2.24. The first-order valence-electron chi connectivity index (χ1n) is 10.5. The van der Waals surface area contributed by atoms with E-state index in [1.165, 1.54) is 0 Å². The highest BCUT2D eigenvalue weighted by Crippen LogP contribution is 2.24. The standard InChI is InChI=1S/C23H23N7O2/c1-32-19-10-6-5-9-18(19)23(31)29-13-11-28(12-14-29)21-20-22(25-16-24-21)30(27-26-20)15-17-7-3-2-4-8-17/h2-10,16H,11-15H2,1H3. The third-order valence-electron chi connectivity index (χ3n) is 5.66. The van der Waals surface area contributed by atoms with Crippen LogP contribution < -0.4 is 9.64 Å². The largest absolute Gasteiger partial charge is 0.496 e. The molecule has 0 N–H and O–H groups in total. The summed E-state index contributed by atoms with van der Waals surface area (Å²) in [5.41, 5.74) is 3.08. The SMILES string of the molecule is COc1ccccc1C(=O)N1CCN(c2ncnc3c2nnn3Cc2ccccc2)CC1. The molecule has 32 heavy (non-hydrogen) atoms. The molecule has 9 nitrogen and oxygen atoms in total. The van der Waals surface area contributed by atoms with Gasteiger partial charge in [0.1, 0.15) is 12.1 Å². The Morgan fingerprint density at radius 1 is 0.969 bits per heavy atom. The minimum Gasteiger partial charge on any atom is -0.496 e. The highest BCUT2D eigenvalue weighted by atomic mass is 16.5. The van der Waals surface area contributed by atoms with Crippen molar-refractivity contribution in [2.24, 2.45) is 0 Å². The molecule has 2 aromatic carbocycles. The minimum absolute atomic E-state index is 0.0243. The van der Waals surface area contributed by atoms with Gasteiger partial charge in [0.05, 0.1) is 19.2 Å². The Kier molecular flexibility index (Phi) is 5.37. The number of fused-ring (bicyclic) bond motifs is 1. The van der Waals surface area contributed by atoms with Crippen molar-refractivity contribution in [3.63, 3.8) is 0 Å². The normalized spacial score (nSPS) is 14.0. The van der Waals surface area contributed by atoms with Gasteiger partial charge in [0, 0.05) is 26.2 Å². The monoisotopic (exact) mass is 429 g/mol. The molecule has 0 atom stereocenters. The summed E-state index contributed by atoms with van der Waals surface area (Å²) in [7, 11) is 1.58. The fourth-order valence-corrected chi connectivity index (χ4v) is 3.99. The minimum atomic E-state index is -0.0243. The molecule has 0 spiro atoms. The van der Waals surface area contributed by atoms with E-state index in [2.05, 4.69) is 25.2 Å². The number of rotatable bonds is 5. The van der Waals surface area contributed by atoms with E-state index < -0.39 is 0 Å². The molecule has 1 fully saturated rings. The van der Waals surface area contributed by atoms with Gasteiger partial charge >= 0.3 is 0 Å². The molecule has 3 heterocycles. The number of benzene rings is 2. The summed E-state index contributed by atoms with van der Waals surface area (Å²) in [5.74, 6) is 1.31. The van der Waals surface area contributed by atoms with Gasteiger partial charge in [-0.05, 0) is 17.7 Å². The second kappa shape index (κ2) is 8.62. The Morgan fingerprint density at radius 3 is 2.50 bits per heavy atom. The van der Waals surface area contributed by atoms with Crippen molar-refractivity contribution >= 4 is 22.9 Å². The third-order valence-corrected chi connectivity index (χ3v) is 5.66. The molecular weight excluding hydrogens is 406 g/mol. The lowest BCUT2D eigenvalue weighted by molar-refractivity contribution is 0.0743. The van der Waals surface area contributed by atoms with Crippen molar-refractivity contribution in [1.29, 1.82) is 0 Å². The molecule has 5 rings (SSSR count). The number of carbonyl (C=O) groups is 1. The van der Waals surface area contributed by atoms with Crippen LogP contribution in [0.4, 0.5) is 5.82 Å². The van der Waals surface area contributed by atoms with Gasteiger partial charge in [-0.25, -0.2) is 14.6 Å². The summed E-state index contributed by atoms with van der Waals surface area (Å²) >= 11 is 0. The number of piperazine rings is 1. The molecule has 0 radical (unpaired) electrons. The summed E-state index contributed by atoms with van der Waals surface area (Å²) in [5, 5.41) is 8.67. The van der Waals surface area contributed by atoms with E-state index in [0.717, 1.165) is 11.4 Å². The van der Waals surface area contributed by atoms with Crippen LogP contribution in [0, 0.1) is 0 Å². The first kappa shape index (κ1) is 19.9. The molecule has 0 bridgehead atoms. The van der Waals surface area contributed by atoms with Crippen molar-refractivity contribution in [1.82, 2.24) is 29.9 Å². The highest BCUT2D eigenvalue weighted by molar-refractivity contribution is 5.97. The molecule has 0 saturated carbocycles. The summed E-state index contributed by atoms with van der Waals surface area (Å²) in [6, 6.07) is 17.4. The van der Waals surface area contributed by atoms with Crippen LogP contribution in [-0.2, 0) is 6.54 Å². The first-order valence-corrected chi connectivity index (χ1v) is 10.5. The predicted molar refractivity (Wildman–Crippen MR) is 120 cm³/mol. The van der Waals surface area contributed by atoms with E-state index in [0.29, 0.717) is 55.2 Å². The molecule has 1 aliphatic rings. The summed E-state index contributed by atoms with van der Waals surface area (Å²) < 4.78 is 7.14. The fraction of sp³-hybridized carbons (Fsp3) is 0.261. The van der Waals surface area contributed by atoms with Crippen LogP contribution in [0.2, 0.25) is 0 Å². The highest BCUT2D eigenvalue weighted by Gasteiger charge is 2.26. The fourth-order valence-electron chi connectivity index (χ4n) is 3.99. The number of anilines is 1. The lowest BCUT2D eigenvalue weighted by atomic mass is 10.1. The zero-order valence-corrected chi connectivity index (χ0v) is 17.8. The van der Waals surface area contributed by atoms with E-state index in [4.69, 9.17) is 4.74 Å². The maximum atomic E-state index is 13.0. The molecule has 0 unspecified atom stereocenters. The summed E-state index contributed by atoms with van der Waals surface area (Å²) in [6.07, 6.45) is 1.55. The lowest BCUT2D eigenvalue weighted by Gasteiger charge is -2.35. The number of hydrogen-bond acceptors (Lipinski definition) is 7. The van der Waals surface area contributed by atoms with E-state index >= 15 is 0 Å². The average molecular weight is 429 g/mol. The average Bonchev–Trinajstić information content (AvgIpc) is 3.27. The maximum absolute atomic E-state index is 13.0. The van der Waals surface area contributed by atoms with Crippen LogP contribution in [0.3, 0.4) is 0 Å². The molecule has 1 amide bonds. The number of nitrogens with zero attached hydrogens (tertiary/aromatic N) is 7. The van der Waals surface area contributed by atoms with Crippen LogP contribution in [0.1, 0.15) is 15.9 Å². The van der Waals surface area contributed by atoms with E-state index in [-0.39, 0.29) is 5.91 Å². The van der Waals surface area contributed by atoms with E-state index in [9.17, 15) is 4.79 Å². The lowest BCUT2D eigenvalue weighted by Crippen LogP contribution is -2.49. The van der Waals surface area contributed by atoms with Gasteiger partial charge in [-0.3, -0.25) is 4.79 Å². The molecule has 2 aromatic heterocycles. The van der Waals surface area contributed by atoms with Crippen molar-refractivity contribution in [2.45, 2.75) is 6.54 Å². The molecule has 1 saturated heterocycles. The van der Waals surface area contributed by atoms with Crippen LogP contribution in [-0.4, -0.2) is 69.1 Å². The zero-order chi connectivity index (χ0) is 21.9. The van der Waals surface area contributed by atoms with Gasteiger partial charge in [-0.15, -0.1) is 5.10 Å². The number of amides is 1. The van der Waals surface area contributed by atoms with Crippen LogP contribution in [0.15, 0.2) is 60.9 Å². The van der Waals surface area contributed by atoms with Gasteiger partial charge in [0.25, 0.3) is 5.91 Å². The Bertz CT molecular complexity index is 1230. The van der Waals surface area contributed by atoms with Gasteiger partial charge in [-0.1, -0.05) is 47.7 Å². The van der Waals surface area contributed by atoms with Crippen molar-refractivity contribution in [3.05, 3.63) is 72.1 Å². The molecule has 162 valence electrons. The van der Waals surface area contributed by atoms with E-state index in [1.807, 2.05) is 47.4 Å². The number of aromatic nitrogens is 5. The van der Waals surface area contributed by atoms with Gasteiger partial charge in [-0.2, -0.15) is 0 Å². The topological polar surface area (TPSA) is 89.3 Å². The smallest absolute Gasteiger partial charge is 0.257 e. The summed E-state index contributed by atoms with van der Waals surface area (Å²) in [6.45, 7) is 3.06. The second-order valence-electron chi connectivity index (χ2n) is 7.58. The maximum Gasteiger partial charge on any atom is 0.257 e. The van der Waals surface area contributed by atoms with Gasteiger partial charge in [0.2, 0.25) is 0 Å². The quantitative estimate of drug-likeness (QED) is 0.481. The number of para-hydroxylation sites is 1. The van der Waals surface area contributed by atoms with Gasteiger partial charge < -0.3 is 14.5 Å². The second-order valence-corrected chi connectivity index (χ2v) is 7.58. The Labute approximate surface area is 185 Å². The van der Waals surface area contributed by atoms with E-state index in [1.54, 1.807) is 30.3 Å². The molecular formula is C23H23N7O2. The van der Waals surface area contributed by atoms with Crippen LogP contribution >= 0.6 is 0 Å². The van der Waals surface area contributed by atoms with Crippen molar-refractivity contribution in [3.8, 4) is 5.75 Å². The van der Waals surface area contributed by atoms with Crippen LogP contribution in [0.5, 0.6) is 5.75 Å². The first-order chi connectivity index (χ1) is 15.7. The van der Waals surface area contributed by atoms with Crippen molar-refractivity contribution in [2.75, 3.05) is 38.2 Å². The van der Waals surface area contributed by atoms with Gasteiger partial charge in [0.15, 0.2) is 17.0 Å².